The summed E-state index contributed by atoms with van der Waals surface area (Å²) in [4.78, 5) is 12.2. The first-order valence-corrected chi connectivity index (χ1v) is 11.4. The highest BCUT2D eigenvalue weighted by Gasteiger charge is 2.20. The zero-order valence-corrected chi connectivity index (χ0v) is 18.9. The molecule has 3 rings (SSSR count). The number of carbonyl (C=O) groups excluding carboxylic acids is 1. The molecule has 0 aliphatic heterocycles. The number of sulfonamides is 1. The monoisotopic (exact) mass is 478 g/mol. The lowest BCUT2D eigenvalue weighted by molar-refractivity contribution is -0.123. The second-order valence-electron chi connectivity index (χ2n) is 6.58. The lowest BCUT2D eigenvalue weighted by atomic mass is 10.2. The van der Waals surface area contributed by atoms with Gasteiger partial charge in [-0.3, -0.25) is 9.10 Å². The minimum atomic E-state index is -3.66. The van der Waals surface area contributed by atoms with Gasteiger partial charge in [0.1, 0.15) is 5.75 Å². The summed E-state index contributed by atoms with van der Waals surface area (Å²) in [6, 6.07) is 19.7. The largest absolute Gasteiger partial charge is 0.484 e. The van der Waals surface area contributed by atoms with Gasteiger partial charge in [-0.25, -0.2) is 8.42 Å². The van der Waals surface area contributed by atoms with E-state index in [4.69, 9.17) is 27.9 Å². The number of nitrogens with zero attached hydrogens (tertiary/aromatic N) is 1. The molecule has 3 aromatic carbocycles. The maximum Gasteiger partial charge on any atom is 0.264 e. The Morgan fingerprint density at radius 1 is 1.00 bits per heavy atom. The molecule has 3 aromatic rings. The van der Waals surface area contributed by atoms with Crippen molar-refractivity contribution in [1.29, 1.82) is 0 Å². The molecule has 0 spiro atoms. The van der Waals surface area contributed by atoms with Gasteiger partial charge in [0.2, 0.25) is 0 Å². The van der Waals surface area contributed by atoms with Crippen molar-refractivity contribution in [2.75, 3.05) is 18.0 Å². The Bertz CT molecular complexity index is 1150. The number of benzene rings is 3. The standard InChI is InChI=1S/C22H20Cl2N2O4S/c1-26(31(28,29)20-5-3-2-4-6-20)18-9-11-19(12-10-18)30-15-22(27)25-14-16-7-8-17(23)13-21(16)24/h2-13H,14-15H2,1H3,(H,25,27). The van der Waals surface area contributed by atoms with Crippen molar-refractivity contribution in [1.82, 2.24) is 5.32 Å². The lowest BCUT2D eigenvalue weighted by Gasteiger charge is -2.19. The van der Waals surface area contributed by atoms with Crippen LogP contribution in [0.1, 0.15) is 5.56 Å². The van der Waals surface area contributed by atoms with Gasteiger partial charge in [-0.1, -0.05) is 47.5 Å². The fraction of sp³-hybridized carbons (Fsp3) is 0.136. The van der Waals surface area contributed by atoms with E-state index < -0.39 is 10.0 Å². The number of anilines is 1. The number of amides is 1. The van der Waals surface area contributed by atoms with Crippen molar-refractivity contribution < 1.29 is 17.9 Å². The first-order chi connectivity index (χ1) is 14.8. The molecule has 0 bridgehead atoms. The zero-order valence-electron chi connectivity index (χ0n) is 16.6. The van der Waals surface area contributed by atoms with Crippen molar-refractivity contribution in [2.45, 2.75) is 11.4 Å². The third-order valence-corrected chi connectivity index (χ3v) is 6.85. The Morgan fingerprint density at radius 2 is 1.68 bits per heavy atom. The Labute approximate surface area is 191 Å². The van der Waals surface area contributed by atoms with Gasteiger partial charge < -0.3 is 10.1 Å². The van der Waals surface area contributed by atoms with Crippen LogP contribution in [0.4, 0.5) is 5.69 Å². The number of hydrogen-bond acceptors (Lipinski definition) is 4. The molecule has 0 unspecified atom stereocenters. The van der Waals surface area contributed by atoms with Crippen LogP contribution in [-0.2, 0) is 21.4 Å². The number of halogens is 2. The highest BCUT2D eigenvalue weighted by atomic mass is 35.5. The quantitative estimate of drug-likeness (QED) is 0.516. The van der Waals surface area contributed by atoms with E-state index in [0.29, 0.717) is 21.5 Å². The number of hydrogen-bond donors (Lipinski definition) is 1. The van der Waals surface area contributed by atoms with E-state index in [1.165, 1.54) is 11.4 Å². The molecule has 0 saturated carbocycles. The fourth-order valence-electron chi connectivity index (χ4n) is 2.70. The van der Waals surface area contributed by atoms with Crippen molar-refractivity contribution in [3.8, 4) is 5.75 Å². The topological polar surface area (TPSA) is 75.7 Å². The molecule has 1 amide bonds. The predicted octanol–water partition coefficient (Wildman–Crippen LogP) is 4.51. The molecule has 0 heterocycles. The molecule has 162 valence electrons. The van der Waals surface area contributed by atoms with Crippen molar-refractivity contribution in [3.05, 3.63) is 88.4 Å². The van der Waals surface area contributed by atoms with Crippen LogP contribution in [0.15, 0.2) is 77.7 Å². The van der Waals surface area contributed by atoms with E-state index >= 15 is 0 Å². The molecule has 0 saturated heterocycles. The molecule has 0 aromatic heterocycles. The SMILES string of the molecule is CN(c1ccc(OCC(=O)NCc2ccc(Cl)cc2Cl)cc1)S(=O)(=O)c1ccccc1. The third kappa shape index (κ3) is 5.91. The number of rotatable bonds is 8. The Morgan fingerprint density at radius 3 is 2.32 bits per heavy atom. The highest BCUT2D eigenvalue weighted by Crippen LogP contribution is 2.24. The third-order valence-electron chi connectivity index (χ3n) is 4.46. The van der Waals surface area contributed by atoms with E-state index in [1.807, 2.05) is 0 Å². The molecule has 0 fully saturated rings. The highest BCUT2D eigenvalue weighted by molar-refractivity contribution is 7.92. The first kappa shape index (κ1) is 22.9. The maximum absolute atomic E-state index is 12.7. The molecule has 0 radical (unpaired) electrons. The minimum Gasteiger partial charge on any atom is -0.484 e. The Kier molecular flexibility index (Phi) is 7.43. The summed E-state index contributed by atoms with van der Waals surface area (Å²) in [5.74, 6) is 0.118. The molecular weight excluding hydrogens is 459 g/mol. The van der Waals surface area contributed by atoms with E-state index in [2.05, 4.69) is 5.32 Å². The molecule has 1 N–H and O–H groups in total. The molecular formula is C22H20Cl2N2O4S. The predicted molar refractivity (Wildman–Crippen MR) is 122 cm³/mol. The zero-order chi connectivity index (χ0) is 22.4. The maximum atomic E-state index is 12.7. The Hall–Kier alpha value is -2.74. The number of nitrogens with one attached hydrogen (secondary N) is 1. The molecule has 6 nitrogen and oxygen atoms in total. The summed E-state index contributed by atoms with van der Waals surface area (Å²) in [5.41, 5.74) is 1.21. The van der Waals surface area contributed by atoms with Crippen LogP contribution in [0.3, 0.4) is 0 Å². The van der Waals surface area contributed by atoms with Gasteiger partial charge in [-0.2, -0.15) is 0 Å². The Balaban J connectivity index is 1.55. The summed E-state index contributed by atoms with van der Waals surface area (Å²) in [6.07, 6.45) is 0. The summed E-state index contributed by atoms with van der Waals surface area (Å²) in [7, 11) is -2.18. The van der Waals surface area contributed by atoms with Crippen LogP contribution < -0.4 is 14.4 Å². The second kappa shape index (κ2) is 10.0. The summed E-state index contributed by atoms with van der Waals surface area (Å²) in [5, 5.41) is 3.71. The molecule has 0 aliphatic carbocycles. The first-order valence-electron chi connectivity index (χ1n) is 9.25. The molecule has 0 aliphatic rings. The van der Waals surface area contributed by atoms with Gasteiger partial charge in [0, 0.05) is 23.6 Å². The second-order valence-corrected chi connectivity index (χ2v) is 9.39. The van der Waals surface area contributed by atoms with Crippen LogP contribution in [0.2, 0.25) is 10.0 Å². The van der Waals surface area contributed by atoms with E-state index in [1.54, 1.807) is 72.8 Å². The van der Waals surface area contributed by atoms with Crippen LogP contribution in [0, 0.1) is 0 Å². The van der Waals surface area contributed by atoms with Crippen LogP contribution in [0.5, 0.6) is 5.75 Å². The fourth-order valence-corrected chi connectivity index (χ4v) is 4.39. The average Bonchev–Trinajstić information content (AvgIpc) is 2.77. The van der Waals surface area contributed by atoms with Gasteiger partial charge in [0.15, 0.2) is 6.61 Å². The summed E-state index contributed by atoms with van der Waals surface area (Å²) >= 11 is 11.9. The lowest BCUT2D eigenvalue weighted by Crippen LogP contribution is -2.28. The van der Waals surface area contributed by atoms with E-state index in [-0.39, 0.29) is 24.0 Å². The van der Waals surface area contributed by atoms with Crippen molar-refractivity contribution in [2.24, 2.45) is 0 Å². The van der Waals surface area contributed by atoms with Gasteiger partial charge in [-0.05, 0) is 54.1 Å². The van der Waals surface area contributed by atoms with Crippen LogP contribution in [0.25, 0.3) is 0 Å². The van der Waals surface area contributed by atoms with Gasteiger partial charge in [-0.15, -0.1) is 0 Å². The van der Waals surface area contributed by atoms with Crippen molar-refractivity contribution >= 4 is 44.8 Å². The van der Waals surface area contributed by atoms with Crippen LogP contribution in [-0.4, -0.2) is 28.0 Å². The number of ether oxygens (including phenoxy) is 1. The molecule has 9 heteroatoms. The smallest absolute Gasteiger partial charge is 0.264 e. The van der Waals surface area contributed by atoms with Crippen LogP contribution >= 0.6 is 23.2 Å². The summed E-state index contributed by atoms with van der Waals surface area (Å²) in [6.45, 7) is 0.0575. The normalized spacial score (nSPS) is 11.1. The minimum absolute atomic E-state index is 0.192. The average molecular weight is 479 g/mol. The van der Waals surface area contributed by atoms with Gasteiger partial charge in [0.05, 0.1) is 10.6 Å². The van der Waals surface area contributed by atoms with E-state index in [9.17, 15) is 13.2 Å². The van der Waals surface area contributed by atoms with E-state index in [0.717, 1.165) is 5.56 Å². The molecule has 31 heavy (non-hydrogen) atoms. The number of carbonyl (C=O) groups is 1. The molecule has 0 atom stereocenters. The van der Waals surface area contributed by atoms with Crippen molar-refractivity contribution in [3.63, 3.8) is 0 Å². The summed E-state index contributed by atoms with van der Waals surface area (Å²) < 4.78 is 32.0. The van der Waals surface area contributed by atoms with Gasteiger partial charge in [0.25, 0.3) is 15.9 Å². The van der Waals surface area contributed by atoms with Gasteiger partial charge >= 0.3 is 0 Å².